The van der Waals surface area contributed by atoms with Gasteiger partial charge in [-0.05, 0) is 24.3 Å². The van der Waals surface area contributed by atoms with Gasteiger partial charge in [-0.2, -0.15) is 5.10 Å². The maximum atomic E-state index is 13.8. The number of amides is 1. The second-order valence-corrected chi connectivity index (χ2v) is 5.92. The van der Waals surface area contributed by atoms with Gasteiger partial charge in [0.05, 0.1) is 18.3 Å². The third-order valence-corrected chi connectivity index (χ3v) is 3.88. The van der Waals surface area contributed by atoms with Crippen molar-refractivity contribution in [3.8, 4) is 0 Å². The van der Waals surface area contributed by atoms with Crippen molar-refractivity contribution in [1.29, 1.82) is 0 Å². The van der Waals surface area contributed by atoms with E-state index >= 15 is 0 Å². The Balaban J connectivity index is 1.70. The minimum absolute atomic E-state index is 0.0822. The van der Waals surface area contributed by atoms with Gasteiger partial charge in [0, 0.05) is 28.4 Å². The standard InChI is InChI=1S/C18H12ClF3N4O/c19-13-2-1-3-14(20)12(13)8-18(27)25-11-7-17(26-23-9-11)24-10-4-5-15(21)16(22)6-10/h1-7,9H,8H2,(H2,24,25,26,27). The number of hydrogen-bond donors (Lipinski definition) is 2. The van der Waals surface area contributed by atoms with Gasteiger partial charge in [-0.25, -0.2) is 13.2 Å². The zero-order chi connectivity index (χ0) is 19.4. The highest BCUT2D eigenvalue weighted by Gasteiger charge is 2.13. The van der Waals surface area contributed by atoms with E-state index in [-0.39, 0.29) is 34.2 Å². The number of benzene rings is 2. The first-order valence-corrected chi connectivity index (χ1v) is 8.08. The molecule has 0 bridgehead atoms. The van der Waals surface area contributed by atoms with Crippen LogP contribution in [0.3, 0.4) is 0 Å². The molecular formula is C18H12ClF3N4O. The van der Waals surface area contributed by atoms with Crippen LogP contribution < -0.4 is 10.6 Å². The number of nitrogens with zero attached hydrogens (tertiary/aromatic N) is 2. The maximum absolute atomic E-state index is 13.8. The van der Waals surface area contributed by atoms with E-state index in [1.54, 1.807) is 0 Å². The highest BCUT2D eigenvalue weighted by Crippen LogP contribution is 2.21. The van der Waals surface area contributed by atoms with Gasteiger partial charge in [0.25, 0.3) is 0 Å². The van der Waals surface area contributed by atoms with Gasteiger partial charge in [0.2, 0.25) is 5.91 Å². The Morgan fingerprint density at radius 1 is 1.00 bits per heavy atom. The third kappa shape index (κ3) is 4.73. The van der Waals surface area contributed by atoms with E-state index in [2.05, 4.69) is 20.8 Å². The molecule has 0 spiro atoms. The molecule has 9 heteroatoms. The molecule has 2 aromatic carbocycles. The lowest BCUT2D eigenvalue weighted by atomic mass is 10.1. The molecule has 0 saturated heterocycles. The van der Waals surface area contributed by atoms with Crippen molar-refractivity contribution in [2.45, 2.75) is 6.42 Å². The fourth-order valence-electron chi connectivity index (χ4n) is 2.28. The van der Waals surface area contributed by atoms with E-state index in [0.717, 1.165) is 12.1 Å². The molecule has 0 unspecified atom stereocenters. The molecule has 1 aromatic heterocycles. The third-order valence-electron chi connectivity index (χ3n) is 3.53. The Hall–Kier alpha value is -3.13. The number of anilines is 3. The molecule has 0 aliphatic carbocycles. The fourth-order valence-corrected chi connectivity index (χ4v) is 2.51. The number of rotatable bonds is 5. The van der Waals surface area contributed by atoms with E-state index in [1.165, 1.54) is 36.5 Å². The molecule has 5 nitrogen and oxygen atoms in total. The highest BCUT2D eigenvalue weighted by atomic mass is 35.5. The molecule has 1 amide bonds. The summed E-state index contributed by atoms with van der Waals surface area (Å²) in [4.78, 5) is 12.1. The summed E-state index contributed by atoms with van der Waals surface area (Å²) < 4.78 is 40.0. The van der Waals surface area contributed by atoms with E-state index in [0.29, 0.717) is 0 Å². The van der Waals surface area contributed by atoms with Crippen LogP contribution in [-0.4, -0.2) is 16.1 Å². The summed E-state index contributed by atoms with van der Waals surface area (Å²) in [7, 11) is 0. The van der Waals surface area contributed by atoms with Crippen LogP contribution in [0.25, 0.3) is 0 Å². The van der Waals surface area contributed by atoms with Crippen molar-refractivity contribution in [2.24, 2.45) is 0 Å². The predicted molar refractivity (Wildman–Crippen MR) is 95.4 cm³/mol. The molecule has 0 radical (unpaired) electrons. The minimum atomic E-state index is -1.01. The van der Waals surface area contributed by atoms with Crippen LogP contribution in [0.2, 0.25) is 5.02 Å². The smallest absolute Gasteiger partial charge is 0.229 e. The summed E-state index contributed by atoms with van der Waals surface area (Å²) in [5, 5.41) is 13.0. The number of nitrogens with one attached hydrogen (secondary N) is 2. The van der Waals surface area contributed by atoms with E-state index < -0.39 is 23.4 Å². The largest absolute Gasteiger partial charge is 0.339 e. The predicted octanol–water partition coefficient (Wildman–Crippen LogP) is 4.47. The first-order valence-electron chi connectivity index (χ1n) is 7.70. The Bertz CT molecular complexity index is 980. The lowest BCUT2D eigenvalue weighted by Crippen LogP contribution is -2.16. The van der Waals surface area contributed by atoms with Crippen molar-refractivity contribution in [3.05, 3.63) is 76.7 Å². The lowest BCUT2D eigenvalue weighted by Gasteiger charge is -2.09. The molecule has 0 atom stereocenters. The minimum Gasteiger partial charge on any atom is -0.339 e. The number of carbonyl (C=O) groups is 1. The summed E-state index contributed by atoms with van der Waals surface area (Å²) in [6, 6.07) is 8.84. The van der Waals surface area contributed by atoms with Crippen molar-refractivity contribution in [1.82, 2.24) is 10.2 Å². The maximum Gasteiger partial charge on any atom is 0.229 e. The monoisotopic (exact) mass is 392 g/mol. The van der Waals surface area contributed by atoms with Gasteiger partial charge < -0.3 is 10.6 Å². The SMILES string of the molecule is O=C(Cc1c(F)cccc1Cl)Nc1cnnc(Nc2ccc(F)c(F)c2)c1. The van der Waals surface area contributed by atoms with Crippen molar-refractivity contribution in [2.75, 3.05) is 10.6 Å². The van der Waals surface area contributed by atoms with Crippen molar-refractivity contribution < 1.29 is 18.0 Å². The normalized spacial score (nSPS) is 10.5. The second-order valence-electron chi connectivity index (χ2n) is 5.51. The number of carbonyl (C=O) groups excluding carboxylic acids is 1. The molecule has 3 aromatic rings. The van der Waals surface area contributed by atoms with Gasteiger partial charge in [-0.15, -0.1) is 5.10 Å². The lowest BCUT2D eigenvalue weighted by molar-refractivity contribution is -0.115. The fraction of sp³-hybridized carbons (Fsp3) is 0.0556. The number of halogens is 4. The molecule has 0 aliphatic heterocycles. The summed E-state index contributed by atoms with van der Waals surface area (Å²) in [6.45, 7) is 0. The van der Waals surface area contributed by atoms with Crippen LogP contribution in [0.5, 0.6) is 0 Å². The van der Waals surface area contributed by atoms with Crippen LogP contribution in [0.15, 0.2) is 48.7 Å². The molecule has 0 fully saturated rings. The summed E-state index contributed by atoms with van der Waals surface area (Å²) in [5.74, 6) is -2.87. The van der Waals surface area contributed by atoms with Crippen LogP contribution in [-0.2, 0) is 11.2 Å². The van der Waals surface area contributed by atoms with Gasteiger partial charge in [-0.1, -0.05) is 17.7 Å². The van der Waals surface area contributed by atoms with E-state index in [9.17, 15) is 18.0 Å². The second kappa shape index (κ2) is 8.05. The van der Waals surface area contributed by atoms with Crippen molar-refractivity contribution >= 4 is 34.7 Å². The van der Waals surface area contributed by atoms with Gasteiger partial charge >= 0.3 is 0 Å². The molecule has 0 aliphatic rings. The zero-order valence-corrected chi connectivity index (χ0v) is 14.4. The summed E-state index contributed by atoms with van der Waals surface area (Å²) in [6.07, 6.45) is 1.02. The quantitative estimate of drug-likeness (QED) is 0.672. The average Bonchev–Trinajstić information content (AvgIpc) is 2.62. The number of hydrogen-bond acceptors (Lipinski definition) is 4. The van der Waals surface area contributed by atoms with Crippen LogP contribution in [0, 0.1) is 17.5 Å². The topological polar surface area (TPSA) is 66.9 Å². The van der Waals surface area contributed by atoms with E-state index in [1.807, 2.05) is 0 Å². The molecule has 3 rings (SSSR count). The average molecular weight is 393 g/mol. The van der Waals surface area contributed by atoms with Gasteiger partial charge in [-0.3, -0.25) is 4.79 Å². The summed E-state index contributed by atoms with van der Waals surface area (Å²) >= 11 is 5.91. The highest BCUT2D eigenvalue weighted by molar-refractivity contribution is 6.31. The Labute approximate surface area is 157 Å². The zero-order valence-electron chi connectivity index (χ0n) is 13.6. The Morgan fingerprint density at radius 2 is 1.81 bits per heavy atom. The molecule has 27 heavy (non-hydrogen) atoms. The molecule has 2 N–H and O–H groups in total. The van der Waals surface area contributed by atoms with Crippen LogP contribution in [0.1, 0.15) is 5.56 Å². The number of aromatic nitrogens is 2. The molecular weight excluding hydrogens is 381 g/mol. The Kier molecular flexibility index (Phi) is 5.56. The van der Waals surface area contributed by atoms with Crippen molar-refractivity contribution in [3.63, 3.8) is 0 Å². The summed E-state index contributed by atoms with van der Waals surface area (Å²) in [5.41, 5.74) is 0.621. The first kappa shape index (κ1) is 18.7. The van der Waals surface area contributed by atoms with Gasteiger partial charge in [0.1, 0.15) is 5.82 Å². The first-order chi connectivity index (χ1) is 12.9. The molecule has 0 saturated carbocycles. The molecule has 1 heterocycles. The molecule has 138 valence electrons. The van der Waals surface area contributed by atoms with Crippen LogP contribution >= 0.6 is 11.6 Å². The Morgan fingerprint density at radius 3 is 2.56 bits per heavy atom. The van der Waals surface area contributed by atoms with Crippen LogP contribution in [0.4, 0.5) is 30.4 Å². The van der Waals surface area contributed by atoms with E-state index in [4.69, 9.17) is 11.6 Å². The van der Waals surface area contributed by atoms with Gasteiger partial charge in [0.15, 0.2) is 17.5 Å².